The summed E-state index contributed by atoms with van der Waals surface area (Å²) >= 11 is 6.13. The number of rotatable bonds is 6. The Kier molecular flexibility index (Phi) is 11.0. The zero-order valence-corrected chi connectivity index (χ0v) is 17.2. The summed E-state index contributed by atoms with van der Waals surface area (Å²) < 4.78 is 0. The first kappa shape index (κ1) is 22.0. The zero-order chi connectivity index (χ0) is 16.5. The molecule has 0 saturated carbocycles. The van der Waals surface area contributed by atoms with Crippen LogP contribution < -0.4 is 10.6 Å². The Morgan fingerprint density at radius 3 is 2.48 bits per heavy atom. The second-order valence-corrected chi connectivity index (χ2v) is 6.08. The van der Waals surface area contributed by atoms with E-state index < -0.39 is 0 Å². The SMILES string of the molecule is CC(C)CNC(=NCc1ccccc1Cl)NCC(=O)N(C)C.I. The Morgan fingerprint density at radius 2 is 1.91 bits per heavy atom. The van der Waals surface area contributed by atoms with Crippen molar-refractivity contribution >= 4 is 47.4 Å². The Labute approximate surface area is 160 Å². The number of nitrogens with one attached hydrogen (secondary N) is 2. The molecule has 0 fully saturated rings. The number of halogens is 2. The summed E-state index contributed by atoms with van der Waals surface area (Å²) in [6.07, 6.45) is 0. The van der Waals surface area contributed by atoms with Crippen LogP contribution in [-0.2, 0) is 11.3 Å². The van der Waals surface area contributed by atoms with E-state index in [4.69, 9.17) is 11.6 Å². The van der Waals surface area contributed by atoms with E-state index in [0.29, 0.717) is 23.4 Å². The molecule has 130 valence electrons. The van der Waals surface area contributed by atoms with E-state index >= 15 is 0 Å². The van der Waals surface area contributed by atoms with E-state index in [0.717, 1.165) is 12.1 Å². The zero-order valence-electron chi connectivity index (χ0n) is 14.1. The number of amides is 1. The number of hydrogen-bond donors (Lipinski definition) is 2. The molecule has 0 radical (unpaired) electrons. The minimum atomic E-state index is -0.00297. The number of nitrogens with zero attached hydrogens (tertiary/aromatic N) is 2. The first-order chi connectivity index (χ1) is 10.4. The van der Waals surface area contributed by atoms with Crippen molar-refractivity contribution in [3.63, 3.8) is 0 Å². The number of carbonyl (C=O) groups excluding carboxylic acids is 1. The summed E-state index contributed by atoms with van der Waals surface area (Å²) in [5.41, 5.74) is 0.953. The average molecular weight is 453 g/mol. The minimum Gasteiger partial charge on any atom is -0.356 e. The molecule has 0 aliphatic rings. The third kappa shape index (κ3) is 9.00. The van der Waals surface area contributed by atoms with Crippen molar-refractivity contribution in [2.24, 2.45) is 10.9 Å². The lowest BCUT2D eigenvalue weighted by molar-refractivity contribution is -0.127. The fourth-order valence-corrected chi connectivity index (χ4v) is 1.78. The normalized spacial score (nSPS) is 11.0. The van der Waals surface area contributed by atoms with Crippen LogP contribution in [0.15, 0.2) is 29.3 Å². The number of guanidine groups is 1. The molecule has 0 spiro atoms. The molecule has 1 aromatic carbocycles. The van der Waals surface area contributed by atoms with Crippen LogP contribution in [0.5, 0.6) is 0 Å². The number of hydrogen-bond acceptors (Lipinski definition) is 2. The van der Waals surface area contributed by atoms with Gasteiger partial charge >= 0.3 is 0 Å². The van der Waals surface area contributed by atoms with Gasteiger partial charge in [0, 0.05) is 25.7 Å². The summed E-state index contributed by atoms with van der Waals surface area (Å²) in [5, 5.41) is 6.97. The van der Waals surface area contributed by atoms with Gasteiger partial charge in [0.05, 0.1) is 13.1 Å². The second kappa shape index (κ2) is 11.5. The van der Waals surface area contributed by atoms with E-state index in [1.54, 1.807) is 19.0 Å². The molecule has 23 heavy (non-hydrogen) atoms. The lowest BCUT2D eigenvalue weighted by Gasteiger charge is -2.16. The molecule has 1 aromatic rings. The predicted molar refractivity (Wildman–Crippen MR) is 108 cm³/mol. The smallest absolute Gasteiger partial charge is 0.241 e. The number of carbonyl (C=O) groups is 1. The first-order valence-electron chi connectivity index (χ1n) is 7.36. The van der Waals surface area contributed by atoms with Gasteiger partial charge in [-0.2, -0.15) is 0 Å². The van der Waals surface area contributed by atoms with Crippen LogP contribution in [0.1, 0.15) is 19.4 Å². The van der Waals surface area contributed by atoms with Gasteiger partial charge in [-0.25, -0.2) is 4.99 Å². The van der Waals surface area contributed by atoms with Gasteiger partial charge in [0.1, 0.15) is 0 Å². The van der Waals surface area contributed by atoms with E-state index in [1.165, 1.54) is 0 Å². The minimum absolute atomic E-state index is 0. The Morgan fingerprint density at radius 1 is 1.26 bits per heavy atom. The molecule has 0 heterocycles. The molecule has 5 nitrogen and oxygen atoms in total. The van der Waals surface area contributed by atoms with Crippen LogP contribution in [0.3, 0.4) is 0 Å². The molecule has 0 aromatic heterocycles. The Balaban J connectivity index is 0.00000484. The highest BCUT2D eigenvalue weighted by atomic mass is 127. The van der Waals surface area contributed by atoms with Crippen molar-refractivity contribution in [2.45, 2.75) is 20.4 Å². The summed E-state index contributed by atoms with van der Waals surface area (Å²) in [6.45, 7) is 5.68. The highest BCUT2D eigenvalue weighted by molar-refractivity contribution is 14.0. The van der Waals surface area contributed by atoms with Gasteiger partial charge in [0.15, 0.2) is 5.96 Å². The highest BCUT2D eigenvalue weighted by Crippen LogP contribution is 2.15. The molecule has 0 aliphatic carbocycles. The van der Waals surface area contributed by atoms with Gasteiger partial charge < -0.3 is 15.5 Å². The fourth-order valence-electron chi connectivity index (χ4n) is 1.58. The maximum absolute atomic E-state index is 11.7. The fraction of sp³-hybridized carbons (Fsp3) is 0.500. The molecular formula is C16H26ClIN4O. The molecule has 1 amide bonds. The second-order valence-electron chi connectivity index (χ2n) is 5.67. The van der Waals surface area contributed by atoms with Crippen LogP contribution in [0.25, 0.3) is 0 Å². The number of likely N-dealkylation sites (N-methyl/N-ethyl adjacent to an activating group) is 1. The molecule has 2 N–H and O–H groups in total. The summed E-state index contributed by atoms with van der Waals surface area (Å²) in [4.78, 5) is 17.7. The molecular weight excluding hydrogens is 427 g/mol. The van der Waals surface area contributed by atoms with Gasteiger partial charge in [-0.3, -0.25) is 4.79 Å². The topological polar surface area (TPSA) is 56.7 Å². The van der Waals surface area contributed by atoms with Crippen molar-refractivity contribution < 1.29 is 4.79 Å². The van der Waals surface area contributed by atoms with Gasteiger partial charge in [-0.05, 0) is 17.5 Å². The first-order valence-corrected chi connectivity index (χ1v) is 7.73. The predicted octanol–water partition coefficient (Wildman–Crippen LogP) is 2.74. The van der Waals surface area contributed by atoms with Crippen molar-refractivity contribution in [3.8, 4) is 0 Å². The van der Waals surface area contributed by atoms with E-state index in [-0.39, 0.29) is 36.4 Å². The standard InChI is InChI=1S/C16H25ClN4O.HI/c1-12(2)9-18-16(20-11-15(22)21(3)4)19-10-13-7-5-6-8-14(13)17;/h5-8,12H,9-11H2,1-4H3,(H2,18,19,20);1H. The number of benzene rings is 1. The maximum atomic E-state index is 11.7. The lowest BCUT2D eigenvalue weighted by Crippen LogP contribution is -2.44. The molecule has 0 saturated heterocycles. The maximum Gasteiger partial charge on any atom is 0.241 e. The molecule has 1 rings (SSSR count). The van der Waals surface area contributed by atoms with Crippen LogP contribution in [-0.4, -0.2) is 44.0 Å². The van der Waals surface area contributed by atoms with E-state index in [2.05, 4.69) is 29.5 Å². The molecule has 7 heteroatoms. The lowest BCUT2D eigenvalue weighted by atomic mass is 10.2. The van der Waals surface area contributed by atoms with Crippen molar-refractivity contribution in [3.05, 3.63) is 34.9 Å². The molecule has 0 aliphatic heterocycles. The quantitative estimate of drug-likeness (QED) is 0.396. The highest BCUT2D eigenvalue weighted by Gasteiger charge is 2.07. The van der Waals surface area contributed by atoms with Crippen molar-refractivity contribution in [2.75, 3.05) is 27.2 Å². The van der Waals surface area contributed by atoms with E-state index in [9.17, 15) is 4.79 Å². The molecule has 0 atom stereocenters. The monoisotopic (exact) mass is 452 g/mol. The van der Waals surface area contributed by atoms with Gasteiger partial charge in [-0.15, -0.1) is 24.0 Å². The average Bonchev–Trinajstić information content (AvgIpc) is 2.47. The van der Waals surface area contributed by atoms with Crippen LogP contribution in [0.2, 0.25) is 5.02 Å². The van der Waals surface area contributed by atoms with Gasteiger partial charge in [0.25, 0.3) is 0 Å². The molecule has 0 unspecified atom stereocenters. The molecule has 0 bridgehead atoms. The summed E-state index contributed by atoms with van der Waals surface area (Å²) in [7, 11) is 3.46. The Bertz CT molecular complexity index is 521. The van der Waals surface area contributed by atoms with Gasteiger partial charge in [-0.1, -0.05) is 43.6 Å². The third-order valence-corrected chi connectivity index (χ3v) is 3.32. The van der Waals surface area contributed by atoms with E-state index in [1.807, 2.05) is 24.3 Å². The van der Waals surface area contributed by atoms with Crippen molar-refractivity contribution in [1.29, 1.82) is 0 Å². The Hall–Kier alpha value is -1.02. The largest absolute Gasteiger partial charge is 0.356 e. The van der Waals surface area contributed by atoms with Crippen LogP contribution in [0, 0.1) is 5.92 Å². The third-order valence-electron chi connectivity index (χ3n) is 2.95. The number of aliphatic imine (C=N–C) groups is 1. The van der Waals surface area contributed by atoms with Crippen LogP contribution in [0.4, 0.5) is 0 Å². The van der Waals surface area contributed by atoms with Crippen molar-refractivity contribution in [1.82, 2.24) is 15.5 Å². The van der Waals surface area contributed by atoms with Gasteiger partial charge in [0.2, 0.25) is 5.91 Å². The van der Waals surface area contributed by atoms with Crippen LogP contribution >= 0.6 is 35.6 Å². The summed E-state index contributed by atoms with van der Waals surface area (Å²) in [6, 6.07) is 7.61. The summed E-state index contributed by atoms with van der Waals surface area (Å²) in [5.74, 6) is 1.09.